The van der Waals surface area contributed by atoms with E-state index in [1.165, 1.54) is 0 Å². The van der Waals surface area contributed by atoms with Crippen molar-refractivity contribution < 1.29 is 19.9 Å². The Morgan fingerprint density at radius 1 is 1.33 bits per heavy atom. The topological polar surface area (TPSA) is 89.8 Å². The smallest absolute Gasteiger partial charge is 0.480 e. The van der Waals surface area contributed by atoms with Crippen molar-refractivity contribution >= 4 is 13.2 Å². The zero-order valence-electron chi connectivity index (χ0n) is 8.00. The summed E-state index contributed by atoms with van der Waals surface area (Å²) >= 11 is 0. The standard InChI is InChI=1S/C9H12BNO4/c12-9(13)8(11-10(14)15)6-7-4-2-1-3-5-7/h1-5,8,11,14-15H,6H2,(H,12,13)/t8-/m0/s1/i10-1. The van der Waals surface area contributed by atoms with Crippen molar-refractivity contribution in [1.82, 2.24) is 5.23 Å². The van der Waals surface area contributed by atoms with Gasteiger partial charge in [-0.1, -0.05) is 30.3 Å². The Balaban J connectivity index is 2.63. The van der Waals surface area contributed by atoms with E-state index in [-0.39, 0.29) is 6.42 Å². The van der Waals surface area contributed by atoms with Crippen LogP contribution >= 0.6 is 0 Å². The Bertz CT molecular complexity index is 317. The molecule has 1 aromatic rings. The van der Waals surface area contributed by atoms with Gasteiger partial charge in [0.05, 0.1) is 0 Å². The summed E-state index contributed by atoms with van der Waals surface area (Å²) in [5.74, 6) is -1.12. The largest absolute Gasteiger partial charge is 0.549 e. The Labute approximate surface area is 87.5 Å². The molecular formula is C9H12BNO4. The second-order valence-electron chi connectivity index (χ2n) is 3.12. The first-order chi connectivity index (χ1) is 7.09. The predicted octanol–water partition coefficient (Wildman–Crippen LogP) is -0.759. The van der Waals surface area contributed by atoms with Gasteiger partial charge >= 0.3 is 13.2 Å². The van der Waals surface area contributed by atoms with Crippen LogP contribution in [0.4, 0.5) is 0 Å². The van der Waals surface area contributed by atoms with E-state index >= 15 is 0 Å². The van der Waals surface area contributed by atoms with Crippen LogP contribution in [0.15, 0.2) is 30.3 Å². The second-order valence-corrected chi connectivity index (χ2v) is 3.12. The minimum Gasteiger partial charge on any atom is -0.480 e. The number of nitrogens with one attached hydrogen (secondary N) is 1. The molecular weight excluding hydrogens is 196 g/mol. The van der Waals surface area contributed by atoms with E-state index in [4.69, 9.17) is 15.2 Å². The van der Waals surface area contributed by atoms with Gasteiger partial charge in [0.2, 0.25) is 0 Å². The Kier molecular flexibility index (Phi) is 4.29. The normalized spacial score (nSPS) is 12.1. The summed E-state index contributed by atoms with van der Waals surface area (Å²) in [5, 5.41) is 28.2. The molecule has 0 aliphatic heterocycles. The zero-order valence-corrected chi connectivity index (χ0v) is 8.00. The molecule has 1 rings (SSSR count). The Morgan fingerprint density at radius 2 is 1.93 bits per heavy atom. The van der Waals surface area contributed by atoms with Gasteiger partial charge in [0.15, 0.2) is 0 Å². The van der Waals surface area contributed by atoms with Gasteiger partial charge < -0.3 is 15.2 Å². The number of aliphatic carboxylic acids is 1. The molecule has 0 saturated carbocycles. The molecule has 80 valence electrons. The molecule has 4 N–H and O–H groups in total. The highest BCUT2D eigenvalue weighted by Gasteiger charge is 2.22. The fourth-order valence-electron chi connectivity index (χ4n) is 1.25. The first-order valence-corrected chi connectivity index (χ1v) is 4.48. The van der Waals surface area contributed by atoms with Gasteiger partial charge in [-0.15, -0.1) is 0 Å². The molecule has 1 aromatic carbocycles. The number of carbonyl (C=O) groups is 1. The van der Waals surface area contributed by atoms with E-state index in [2.05, 4.69) is 5.23 Å². The maximum absolute atomic E-state index is 10.8. The van der Waals surface area contributed by atoms with Crippen molar-refractivity contribution in [2.45, 2.75) is 12.5 Å². The van der Waals surface area contributed by atoms with Gasteiger partial charge in [0.25, 0.3) is 0 Å². The highest BCUT2D eigenvalue weighted by molar-refractivity contribution is 6.38. The monoisotopic (exact) mass is 208 g/mol. The van der Waals surface area contributed by atoms with Crippen LogP contribution in [-0.2, 0) is 11.2 Å². The summed E-state index contributed by atoms with van der Waals surface area (Å²) in [6.07, 6.45) is 0.202. The van der Waals surface area contributed by atoms with Crippen molar-refractivity contribution in [2.24, 2.45) is 0 Å². The summed E-state index contributed by atoms with van der Waals surface area (Å²) in [4.78, 5) is 10.8. The zero-order chi connectivity index (χ0) is 11.3. The third-order valence-electron chi connectivity index (χ3n) is 1.93. The van der Waals surface area contributed by atoms with E-state index in [0.717, 1.165) is 5.56 Å². The molecule has 0 radical (unpaired) electrons. The lowest BCUT2D eigenvalue weighted by Crippen LogP contribution is -2.47. The summed E-state index contributed by atoms with van der Waals surface area (Å²) in [6, 6.07) is 7.97. The van der Waals surface area contributed by atoms with Gasteiger partial charge in [-0.3, -0.25) is 10.0 Å². The van der Waals surface area contributed by atoms with Crippen molar-refractivity contribution in [3.05, 3.63) is 35.9 Å². The molecule has 1 atom stereocenters. The molecule has 0 amide bonds. The summed E-state index contributed by atoms with van der Waals surface area (Å²) in [7, 11) is -1.82. The fraction of sp³-hybridized carbons (Fsp3) is 0.222. The number of carboxylic acid groups (broad SMARTS) is 1. The summed E-state index contributed by atoms with van der Waals surface area (Å²) in [6.45, 7) is 0. The first-order valence-electron chi connectivity index (χ1n) is 4.48. The lowest BCUT2D eigenvalue weighted by molar-refractivity contribution is -0.139. The Morgan fingerprint density at radius 3 is 2.40 bits per heavy atom. The third kappa shape index (κ3) is 4.12. The molecule has 0 bridgehead atoms. The molecule has 0 aromatic heterocycles. The van der Waals surface area contributed by atoms with Gasteiger partial charge in [-0.05, 0) is 12.0 Å². The highest BCUT2D eigenvalue weighted by Crippen LogP contribution is 2.03. The minimum absolute atomic E-state index is 0.202. The van der Waals surface area contributed by atoms with E-state index in [1.54, 1.807) is 24.3 Å². The van der Waals surface area contributed by atoms with E-state index < -0.39 is 19.3 Å². The Hall–Kier alpha value is -1.37. The molecule has 0 saturated heterocycles. The van der Waals surface area contributed by atoms with Crippen LogP contribution in [0.5, 0.6) is 0 Å². The minimum atomic E-state index is -1.82. The molecule has 0 unspecified atom stereocenters. The maximum atomic E-state index is 10.8. The maximum Gasteiger partial charge on any atom is 0.549 e. The van der Waals surface area contributed by atoms with Crippen molar-refractivity contribution in [3.8, 4) is 0 Å². The van der Waals surface area contributed by atoms with E-state index in [1.807, 2.05) is 6.07 Å². The molecule has 15 heavy (non-hydrogen) atoms. The third-order valence-corrected chi connectivity index (χ3v) is 1.93. The highest BCUT2D eigenvalue weighted by atomic mass is 16.4. The van der Waals surface area contributed by atoms with Crippen LogP contribution < -0.4 is 5.23 Å². The number of carboxylic acids is 1. The van der Waals surface area contributed by atoms with Crippen LogP contribution in [0, 0.1) is 0 Å². The summed E-state index contributed by atoms with van der Waals surface area (Å²) in [5.41, 5.74) is 0.818. The van der Waals surface area contributed by atoms with Gasteiger partial charge in [-0.2, -0.15) is 0 Å². The van der Waals surface area contributed by atoms with E-state index in [9.17, 15) is 4.79 Å². The lowest BCUT2D eigenvalue weighted by atomic mass is 9.45. The van der Waals surface area contributed by atoms with Gasteiger partial charge in [0.1, 0.15) is 6.04 Å². The van der Waals surface area contributed by atoms with Crippen LogP contribution in [0.1, 0.15) is 5.56 Å². The first kappa shape index (κ1) is 11.7. The molecule has 0 spiro atoms. The molecule has 0 aliphatic carbocycles. The van der Waals surface area contributed by atoms with Crippen LogP contribution in [0.25, 0.3) is 0 Å². The molecule has 5 nitrogen and oxygen atoms in total. The van der Waals surface area contributed by atoms with Gasteiger partial charge in [-0.25, -0.2) is 0 Å². The summed E-state index contributed by atoms with van der Waals surface area (Å²) < 4.78 is 0. The molecule has 6 heteroatoms. The number of hydrogen-bond donors (Lipinski definition) is 4. The second kappa shape index (κ2) is 5.50. The lowest BCUT2D eigenvalue weighted by Gasteiger charge is -2.13. The van der Waals surface area contributed by atoms with Crippen LogP contribution in [-0.4, -0.2) is 34.4 Å². The van der Waals surface area contributed by atoms with E-state index in [0.29, 0.717) is 0 Å². The number of benzene rings is 1. The van der Waals surface area contributed by atoms with Crippen molar-refractivity contribution in [1.29, 1.82) is 0 Å². The SMILES string of the molecule is O=C(O)[C@H](Cc1ccccc1)N[10B](O)O. The number of rotatable bonds is 5. The van der Waals surface area contributed by atoms with Crippen LogP contribution in [0.3, 0.4) is 0 Å². The molecule has 0 fully saturated rings. The average Bonchev–Trinajstić information content (AvgIpc) is 2.17. The average molecular weight is 208 g/mol. The van der Waals surface area contributed by atoms with Crippen LogP contribution in [0.2, 0.25) is 0 Å². The predicted molar refractivity (Wildman–Crippen MR) is 54.9 cm³/mol. The number of hydrogen-bond acceptors (Lipinski definition) is 4. The van der Waals surface area contributed by atoms with Gasteiger partial charge in [0, 0.05) is 0 Å². The van der Waals surface area contributed by atoms with Crippen molar-refractivity contribution in [3.63, 3.8) is 0 Å². The molecule has 0 heterocycles. The van der Waals surface area contributed by atoms with Crippen molar-refractivity contribution in [2.75, 3.05) is 0 Å². The quantitative estimate of drug-likeness (QED) is 0.478. The molecule has 0 aliphatic rings. The fourth-order valence-corrected chi connectivity index (χ4v) is 1.25.